The van der Waals surface area contributed by atoms with Crippen molar-refractivity contribution in [2.45, 2.75) is 43.5 Å². The van der Waals surface area contributed by atoms with Gasteiger partial charge in [-0.15, -0.1) is 5.10 Å². The number of aromatic amines is 1. The summed E-state index contributed by atoms with van der Waals surface area (Å²) in [5.74, 6) is 2.26. The van der Waals surface area contributed by atoms with E-state index >= 15 is 0 Å². The number of aromatic nitrogens is 3. The molecule has 0 aliphatic carbocycles. The number of thioether (sulfide) groups is 1. The summed E-state index contributed by atoms with van der Waals surface area (Å²) in [6.45, 7) is 8.09. The predicted octanol–water partition coefficient (Wildman–Crippen LogP) is 5.24. The lowest BCUT2D eigenvalue weighted by atomic mass is 9.83. The second-order valence-corrected chi connectivity index (χ2v) is 9.49. The summed E-state index contributed by atoms with van der Waals surface area (Å²) in [5.41, 5.74) is 3.15. The van der Waals surface area contributed by atoms with Crippen LogP contribution in [0.4, 0.5) is 5.69 Å². The van der Waals surface area contributed by atoms with Crippen molar-refractivity contribution in [3.05, 3.63) is 71.1 Å². The standard InChI is InChI=1S/C24H26N4O2S/c1-15-10-11-17(30-15)12-13-22-25-23(27-26-22)31-16(2)20(29)14-21-24(3,4)18-8-6-7-9-19(18)28(21)5/h6-14,16H,1-5H3,(H,25,26,27)/b13-12+,21-14-. The Labute approximate surface area is 186 Å². The van der Waals surface area contributed by atoms with E-state index < -0.39 is 0 Å². The van der Waals surface area contributed by atoms with E-state index in [0.29, 0.717) is 11.0 Å². The number of hydrogen-bond donors (Lipinski definition) is 1. The maximum absolute atomic E-state index is 13.0. The van der Waals surface area contributed by atoms with Gasteiger partial charge in [0.15, 0.2) is 5.78 Å². The molecule has 1 aromatic carbocycles. The van der Waals surface area contributed by atoms with E-state index in [0.717, 1.165) is 22.9 Å². The number of furan rings is 1. The number of fused-ring (bicyclic) bond motifs is 1. The summed E-state index contributed by atoms with van der Waals surface area (Å²) in [4.78, 5) is 19.5. The van der Waals surface area contributed by atoms with E-state index in [1.807, 2.05) is 51.2 Å². The largest absolute Gasteiger partial charge is 0.462 e. The Morgan fingerprint density at radius 3 is 2.71 bits per heavy atom. The molecular weight excluding hydrogens is 408 g/mol. The predicted molar refractivity (Wildman–Crippen MR) is 125 cm³/mol. The van der Waals surface area contributed by atoms with Crippen molar-refractivity contribution in [1.29, 1.82) is 0 Å². The molecule has 3 aromatic rings. The first-order valence-electron chi connectivity index (χ1n) is 10.2. The highest BCUT2D eigenvalue weighted by Gasteiger charge is 2.38. The van der Waals surface area contributed by atoms with Crippen molar-refractivity contribution >= 4 is 35.4 Å². The molecule has 160 valence electrons. The van der Waals surface area contributed by atoms with Gasteiger partial charge in [0, 0.05) is 29.9 Å². The van der Waals surface area contributed by atoms with Crippen molar-refractivity contribution in [3.63, 3.8) is 0 Å². The Morgan fingerprint density at radius 2 is 2.00 bits per heavy atom. The number of anilines is 1. The number of carbonyl (C=O) groups is 1. The lowest BCUT2D eigenvalue weighted by Crippen LogP contribution is -2.25. The molecule has 4 rings (SSSR count). The van der Waals surface area contributed by atoms with Crippen LogP contribution >= 0.6 is 11.8 Å². The minimum Gasteiger partial charge on any atom is -0.462 e. The number of likely N-dealkylation sites (N-methyl/N-ethyl adjacent to an activating group) is 1. The van der Waals surface area contributed by atoms with Gasteiger partial charge in [0.05, 0.1) is 5.25 Å². The number of para-hydroxylation sites is 1. The number of nitrogens with zero attached hydrogens (tertiary/aromatic N) is 3. The highest BCUT2D eigenvalue weighted by molar-refractivity contribution is 8.00. The van der Waals surface area contributed by atoms with Gasteiger partial charge in [-0.3, -0.25) is 9.89 Å². The van der Waals surface area contributed by atoms with Crippen molar-refractivity contribution in [2.24, 2.45) is 0 Å². The summed E-state index contributed by atoms with van der Waals surface area (Å²) in [5, 5.41) is 7.35. The van der Waals surface area contributed by atoms with Gasteiger partial charge in [0.2, 0.25) is 5.16 Å². The molecule has 1 aliphatic heterocycles. The molecule has 1 aliphatic rings. The maximum atomic E-state index is 13.0. The third-order valence-corrected chi connectivity index (χ3v) is 6.53. The molecule has 3 heterocycles. The Hall–Kier alpha value is -3.06. The van der Waals surface area contributed by atoms with Gasteiger partial charge in [-0.05, 0) is 49.8 Å². The molecule has 6 nitrogen and oxygen atoms in total. The van der Waals surface area contributed by atoms with Gasteiger partial charge in [0.1, 0.15) is 17.3 Å². The average molecular weight is 435 g/mol. The molecule has 0 saturated carbocycles. The van der Waals surface area contributed by atoms with Crippen LogP contribution in [0, 0.1) is 6.92 Å². The normalized spacial score (nSPS) is 17.5. The number of H-pyrrole nitrogens is 1. The summed E-state index contributed by atoms with van der Waals surface area (Å²) < 4.78 is 5.51. The number of allylic oxidation sites excluding steroid dienone is 2. The molecule has 2 aromatic heterocycles. The van der Waals surface area contributed by atoms with E-state index in [9.17, 15) is 4.79 Å². The number of aryl methyl sites for hydroxylation is 1. The van der Waals surface area contributed by atoms with Crippen LogP contribution in [-0.2, 0) is 10.2 Å². The first kappa shape index (κ1) is 21.2. The van der Waals surface area contributed by atoms with E-state index in [1.54, 1.807) is 12.2 Å². The number of carbonyl (C=O) groups excluding carboxylic acids is 1. The molecule has 31 heavy (non-hydrogen) atoms. The van der Waals surface area contributed by atoms with Crippen molar-refractivity contribution in [2.75, 3.05) is 11.9 Å². The first-order chi connectivity index (χ1) is 14.8. The molecular formula is C24H26N4O2S. The average Bonchev–Trinajstić information content (AvgIpc) is 3.41. The quantitative estimate of drug-likeness (QED) is 0.422. The smallest absolute Gasteiger partial charge is 0.209 e. The zero-order valence-electron chi connectivity index (χ0n) is 18.3. The van der Waals surface area contributed by atoms with Gasteiger partial charge >= 0.3 is 0 Å². The van der Waals surface area contributed by atoms with E-state index in [-0.39, 0.29) is 16.4 Å². The van der Waals surface area contributed by atoms with Gasteiger partial charge in [-0.25, -0.2) is 4.98 Å². The zero-order chi connectivity index (χ0) is 22.2. The summed E-state index contributed by atoms with van der Waals surface area (Å²) >= 11 is 1.34. The molecule has 0 bridgehead atoms. The SMILES string of the molecule is Cc1ccc(/C=C/c2nc(SC(C)C(=O)/C=C3\N(C)c4ccccc4C3(C)C)n[nH]2)o1. The van der Waals surface area contributed by atoms with Crippen molar-refractivity contribution < 1.29 is 9.21 Å². The third kappa shape index (κ3) is 4.23. The fourth-order valence-corrected chi connectivity index (χ4v) is 4.57. The highest BCUT2D eigenvalue weighted by Crippen LogP contribution is 2.46. The van der Waals surface area contributed by atoms with Crippen LogP contribution in [0.15, 0.2) is 57.7 Å². The number of hydrogen-bond acceptors (Lipinski definition) is 6. The van der Waals surface area contributed by atoms with Crippen LogP contribution in [0.1, 0.15) is 43.7 Å². The van der Waals surface area contributed by atoms with Gasteiger partial charge in [0.25, 0.3) is 0 Å². The topological polar surface area (TPSA) is 75.0 Å². The van der Waals surface area contributed by atoms with Gasteiger partial charge in [-0.2, -0.15) is 0 Å². The lowest BCUT2D eigenvalue weighted by Gasteiger charge is -2.24. The van der Waals surface area contributed by atoms with Gasteiger partial charge in [-0.1, -0.05) is 43.8 Å². The maximum Gasteiger partial charge on any atom is 0.209 e. The fraction of sp³-hybridized carbons (Fsp3) is 0.292. The summed E-state index contributed by atoms with van der Waals surface area (Å²) in [7, 11) is 2.01. The van der Waals surface area contributed by atoms with Crippen LogP contribution in [-0.4, -0.2) is 33.3 Å². The van der Waals surface area contributed by atoms with E-state index in [1.165, 1.54) is 17.3 Å². The number of benzene rings is 1. The summed E-state index contributed by atoms with van der Waals surface area (Å²) in [6, 6.07) is 12.1. The molecule has 0 fully saturated rings. The minimum atomic E-state index is -0.305. The second kappa shape index (κ2) is 8.23. The van der Waals surface area contributed by atoms with Crippen LogP contribution in [0.2, 0.25) is 0 Å². The molecule has 0 saturated heterocycles. The van der Waals surface area contributed by atoms with Crippen LogP contribution in [0.25, 0.3) is 12.2 Å². The zero-order valence-corrected chi connectivity index (χ0v) is 19.2. The van der Waals surface area contributed by atoms with Crippen molar-refractivity contribution in [3.8, 4) is 0 Å². The third-order valence-electron chi connectivity index (χ3n) is 5.55. The molecule has 0 radical (unpaired) electrons. The van der Waals surface area contributed by atoms with Crippen LogP contribution in [0.5, 0.6) is 0 Å². The highest BCUT2D eigenvalue weighted by atomic mass is 32.2. The van der Waals surface area contributed by atoms with E-state index in [4.69, 9.17) is 4.42 Å². The summed E-state index contributed by atoms with van der Waals surface area (Å²) in [6.07, 6.45) is 5.40. The van der Waals surface area contributed by atoms with Crippen molar-refractivity contribution in [1.82, 2.24) is 15.2 Å². The molecule has 0 spiro atoms. The Bertz CT molecular complexity index is 1170. The van der Waals surface area contributed by atoms with Crippen LogP contribution in [0.3, 0.4) is 0 Å². The number of nitrogens with one attached hydrogen (secondary N) is 1. The first-order valence-corrected chi connectivity index (χ1v) is 11.1. The molecule has 1 N–H and O–H groups in total. The number of rotatable bonds is 6. The number of ketones is 1. The Balaban J connectivity index is 1.45. The Kier molecular flexibility index (Phi) is 5.62. The Morgan fingerprint density at radius 1 is 1.23 bits per heavy atom. The van der Waals surface area contributed by atoms with Crippen LogP contribution < -0.4 is 4.90 Å². The second-order valence-electron chi connectivity index (χ2n) is 8.18. The van der Waals surface area contributed by atoms with E-state index in [2.05, 4.69) is 46.1 Å². The monoisotopic (exact) mass is 434 g/mol. The molecule has 1 atom stereocenters. The van der Waals surface area contributed by atoms with Gasteiger partial charge < -0.3 is 9.32 Å². The molecule has 1 unspecified atom stereocenters. The fourth-order valence-electron chi connectivity index (χ4n) is 3.82. The minimum absolute atomic E-state index is 0.0423. The lowest BCUT2D eigenvalue weighted by molar-refractivity contribution is -0.114. The molecule has 7 heteroatoms. The molecule has 0 amide bonds.